The maximum Gasteiger partial charge on any atom is 0.240 e. The molecule has 0 aliphatic rings. The molecule has 19 heavy (non-hydrogen) atoms. The summed E-state index contributed by atoms with van der Waals surface area (Å²) in [5.74, 6) is 0.661. The highest BCUT2D eigenvalue weighted by molar-refractivity contribution is 7.89. The first kappa shape index (κ1) is 16.4. The van der Waals surface area contributed by atoms with Gasteiger partial charge in [-0.3, -0.25) is 0 Å². The first-order valence-corrected chi connectivity index (χ1v) is 8.15. The number of methoxy groups -OCH3 is 1. The van der Waals surface area contributed by atoms with Crippen molar-refractivity contribution in [2.75, 3.05) is 26.1 Å². The number of rotatable bonds is 8. The van der Waals surface area contributed by atoms with E-state index < -0.39 is 10.0 Å². The normalized spacial score (nSPS) is 13.4. The molecule has 1 aromatic rings. The van der Waals surface area contributed by atoms with Crippen molar-refractivity contribution in [3.8, 4) is 0 Å². The van der Waals surface area contributed by atoms with E-state index in [9.17, 15) is 8.42 Å². The van der Waals surface area contributed by atoms with Crippen molar-refractivity contribution >= 4 is 21.6 Å². The zero-order chi connectivity index (χ0) is 14.3. The predicted octanol–water partition coefficient (Wildman–Crippen LogP) is 2.03. The third-order valence-electron chi connectivity index (χ3n) is 2.69. The second-order valence-corrected chi connectivity index (χ2v) is 6.64. The Kier molecular flexibility index (Phi) is 6.79. The van der Waals surface area contributed by atoms with Gasteiger partial charge in [-0.25, -0.2) is 13.1 Å². The fraction of sp³-hybridized carbons (Fsp3) is 0.538. The van der Waals surface area contributed by atoms with Gasteiger partial charge in [0, 0.05) is 26.1 Å². The molecule has 6 heteroatoms. The molecule has 0 saturated carbocycles. The standard InChI is InChI=1S/C13H20ClNO3S/c1-11(10-18-2)9-15-19(16,17)13-5-3-12(4-6-13)7-8-14/h3-6,11,15H,7-10H2,1-2H3. The number of aryl methyl sites for hydroxylation is 1. The van der Waals surface area contributed by atoms with Gasteiger partial charge in [0.05, 0.1) is 4.90 Å². The summed E-state index contributed by atoms with van der Waals surface area (Å²) in [5.41, 5.74) is 1.03. The molecule has 0 aliphatic heterocycles. The molecular formula is C13H20ClNO3S. The van der Waals surface area contributed by atoms with E-state index in [1.54, 1.807) is 31.4 Å². The average molecular weight is 306 g/mol. The van der Waals surface area contributed by atoms with Gasteiger partial charge in [0.15, 0.2) is 0 Å². The molecule has 0 bridgehead atoms. The minimum Gasteiger partial charge on any atom is -0.384 e. The predicted molar refractivity (Wildman–Crippen MR) is 77.1 cm³/mol. The van der Waals surface area contributed by atoms with E-state index in [0.29, 0.717) is 19.0 Å². The van der Waals surface area contributed by atoms with Crippen LogP contribution in [0.5, 0.6) is 0 Å². The molecule has 1 N–H and O–H groups in total. The summed E-state index contributed by atoms with van der Waals surface area (Å²) in [6.07, 6.45) is 0.736. The average Bonchev–Trinajstić information content (AvgIpc) is 2.38. The van der Waals surface area contributed by atoms with Gasteiger partial charge in [-0.05, 0) is 30.0 Å². The minimum atomic E-state index is -3.44. The summed E-state index contributed by atoms with van der Waals surface area (Å²) in [4.78, 5) is 0.274. The second-order valence-electron chi connectivity index (χ2n) is 4.50. The van der Waals surface area contributed by atoms with Crippen LogP contribution in [-0.4, -0.2) is 34.6 Å². The number of alkyl halides is 1. The molecule has 0 heterocycles. The summed E-state index contributed by atoms with van der Waals surface area (Å²) in [7, 11) is -1.85. The number of benzene rings is 1. The van der Waals surface area contributed by atoms with Crippen molar-refractivity contribution in [3.05, 3.63) is 29.8 Å². The monoisotopic (exact) mass is 305 g/mol. The van der Waals surface area contributed by atoms with Crippen molar-refractivity contribution < 1.29 is 13.2 Å². The van der Waals surface area contributed by atoms with Crippen LogP contribution < -0.4 is 4.72 Å². The number of ether oxygens (including phenoxy) is 1. The van der Waals surface area contributed by atoms with E-state index in [4.69, 9.17) is 16.3 Å². The number of hydrogen-bond acceptors (Lipinski definition) is 3. The van der Waals surface area contributed by atoms with Gasteiger partial charge < -0.3 is 4.74 Å². The highest BCUT2D eigenvalue weighted by Gasteiger charge is 2.14. The maximum absolute atomic E-state index is 12.0. The maximum atomic E-state index is 12.0. The van der Waals surface area contributed by atoms with Gasteiger partial charge in [0.2, 0.25) is 10.0 Å². The summed E-state index contributed by atoms with van der Waals surface area (Å²) in [6.45, 7) is 2.81. The van der Waals surface area contributed by atoms with Crippen molar-refractivity contribution in [1.82, 2.24) is 4.72 Å². The highest BCUT2D eigenvalue weighted by Crippen LogP contribution is 2.11. The van der Waals surface area contributed by atoms with Gasteiger partial charge in [0.1, 0.15) is 0 Å². The van der Waals surface area contributed by atoms with Crippen molar-refractivity contribution in [2.45, 2.75) is 18.2 Å². The van der Waals surface area contributed by atoms with Crippen LogP contribution in [0.2, 0.25) is 0 Å². The van der Waals surface area contributed by atoms with Gasteiger partial charge >= 0.3 is 0 Å². The second kappa shape index (κ2) is 7.85. The minimum absolute atomic E-state index is 0.135. The molecular weight excluding hydrogens is 286 g/mol. The topological polar surface area (TPSA) is 55.4 Å². The van der Waals surface area contributed by atoms with Gasteiger partial charge in [-0.1, -0.05) is 19.1 Å². The number of nitrogens with one attached hydrogen (secondary N) is 1. The first-order chi connectivity index (χ1) is 8.99. The van der Waals surface area contributed by atoms with Crippen molar-refractivity contribution in [1.29, 1.82) is 0 Å². The summed E-state index contributed by atoms with van der Waals surface area (Å²) in [5, 5.41) is 0. The Morgan fingerprint density at radius 1 is 1.32 bits per heavy atom. The smallest absolute Gasteiger partial charge is 0.240 e. The molecule has 0 amide bonds. The van der Waals surface area contributed by atoms with E-state index in [2.05, 4.69) is 4.72 Å². The SMILES string of the molecule is COCC(C)CNS(=O)(=O)c1ccc(CCCl)cc1. The van der Waals surface area contributed by atoms with Gasteiger partial charge in [-0.2, -0.15) is 0 Å². The first-order valence-electron chi connectivity index (χ1n) is 6.13. The Balaban J connectivity index is 2.66. The molecule has 0 fully saturated rings. The fourth-order valence-electron chi connectivity index (χ4n) is 1.62. The molecule has 4 nitrogen and oxygen atoms in total. The third-order valence-corrected chi connectivity index (χ3v) is 4.32. The van der Waals surface area contributed by atoms with Gasteiger partial charge in [-0.15, -0.1) is 11.6 Å². The Hall–Kier alpha value is -0.620. The lowest BCUT2D eigenvalue weighted by molar-refractivity contribution is 0.161. The lowest BCUT2D eigenvalue weighted by Gasteiger charge is -2.12. The molecule has 0 aromatic heterocycles. The van der Waals surface area contributed by atoms with E-state index in [-0.39, 0.29) is 10.8 Å². The zero-order valence-corrected chi connectivity index (χ0v) is 12.8. The van der Waals surface area contributed by atoms with E-state index in [1.807, 2.05) is 6.92 Å². The Morgan fingerprint density at radius 2 is 1.95 bits per heavy atom. The molecule has 1 unspecified atom stereocenters. The summed E-state index contributed by atoms with van der Waals surface area (Å²) in [6, 6.07) is 6.78. The van der Waals surface area contributed by atoms with Crippen molar-refractivity contribution in [2.24, 2.45) is 5.92 Å². The van der Waals surface area contributed by atoms with Crippen molar-refractivity contribution in [3.63, 3.8) is 0 Å². The lowest BCUT2D eigenvalue weighted by Crippen LogP contribution is -2.30. The van der Waals surface area contributed by atoms with Gasteiger partial charge in [0.25, 0.3) is 0 Å². The largest absolute Gasteiger partial charge is 0.384 e. The molecule has 108 valence electrons. The van der Waals surface area contributed by atoms with Crippen LogP contribution in [0.3, 0.4) is 0 Å². The number of hydrogen-bond donors (Lipinski definition) is 1. The summed E-state index contributed by atoms with van der Waals surface area (Å²) < 4.78 is 31.6. The lowest BCUT2D eigenvalue weighted by atomic mass is 10.2. The van der Waals surface area contributed by atoms with Crippen LogP contribution in [0.1, 0.15) is 12.5 Å². The zero-order valence-electron chi connectivity index (χ0n) is 11.2. The fourth-order valence-corrected chi connectivity index (χ4v) is 3.01. The molecule has 0 aliphatic carbocycles. The van der Waals surface area contributed by atoms with Crippen LogP contribution in [0, 0.1) is 5.92 Å². The molecule has 0 spiro atoms. The van der Waals surface area contributed by atoms with E-state index in [1.165, 1.54) is 0 Å². The van der Waals surface area contributed by atoms with Crippen LogP contribution in [-0.2, 0) is 21.2 Å². The van der Waals surface area contributed by atoms with E-state index in [0.717, 1.165) is 12.0 Å². The third kappa shape index (κ3) is 5.48. The molecule has 1 aromatic carbocycles. The van der Waals surface area contributed by atoms with Crippen LogP contribution in [0.25, 0.3) is 0 Å². The molecule has 0 saturated heterocycles. The number of sulfonamides is 1. The highest BCUT2D eigenvalue weighted by atomic mass is 35.5. The Morgan fingerprint density at radius 3 is 2.47 bits per heavy atom. The van der Waals surface area contributed by atoms with Crippen LogP contribution in [0.15, 0.2) is 29.2 Å². The molecule has 1 rings (SSSR count). The number of halogens is 1. The summed E-state index contributed by atoms with van der Waals surface area (Å²) >= 11 is 5.64. The quantitative estimate of drug-likeness (QED) is 0.748. The van der Waals surface area contributed by atoms with E-state index >= 15 is 0 Å². The van der Waals surface area contributed by atoms with Crippen LogP contribution in [0.4, 0.5) is 0 Å². The molecule has 0 radical (unpaired) electrons. The molecule has 1 atom stereocenters. The Bertz CT molecular complexity index is 473. The van der Waals surface area contributed by atoms with Crippen LogP contribution >= 0.6 is 11.6 Å². The Labute approximate surface area is 120 Å².